The minimum absolute atomic E-state index is 0.496. The van der Waals surface area contributed by atoms with Crippen molar-refractivity contribution in [2.75, 3.05) is 0 Å². The van der Waals surface area contributed by atoms with Crippen molar-refractivity contribution in [1.82, 2.24) is 0 Å². The lowest BCUT2D eigenvalue weighted by Crippen LogP contribution is -1.97. The van der Waals surface area contributed by atoms with Gasteiger partial charge >= 0.3 is 0 Å². The fourth-order valence-corrected chi connectivity index (χ4v) is 1.87. The van der Waals surface area contributed by atoms with E-state index in [1.54, 1.807) is 0 Å². The molecular weight excluding hydrogens is 132 g/mol. The number of rotatable bonds is 3. The van der Waals surface area contributed by atoms with Gasteiger partial charge in [0.25, 0.3) is 0 Å². The molecule has 0 bridgehead atoms. The Morgan fingerprint density at radius 2 is 2.09 bits per heavy atom. The molecule has 1 unspecified atom stereocenters. The van der Waals surface area contributed by atoms with Crippen LogP contribution in [0.2, 0.25) is 0 Å². The number of hydrogen-bond donors (Lipinski definition) is 0. The first-order valence-electron chi connectivity index (χ1n) is 4.79. The zero-order valence-electron chi connectivity index (χ0n) is 7.47. The molecule has 1 saturated carbocycles. The molecule has 1 aliphatic carbocycles. The fraction of sp³-hybridized carbons (Fsp3) is 0.818. The van der Waals surface area contributed by atoms with E-state index < -0.39 is 0 Å². The summed E-state index contributed by atoms with van der Waals surface area (Å²) in [6.07, 6.45) is 13.7. The third-order valence-corrected chi connectivity index (χ3v) is 2.77. The third kappa shape index (κ3) is 2.97. The van der Waals surface area contributed by atoms with Crippen LogP contribution in [0, 0.1) is 24.2 Å². The van der Waals surface area contributed by atoms with Gasteiger partial charge in [0.2, 0.25) is 0 Å². The highest BCUT2D eigenvalue weighted by molar-refractivity contribution is 4.90. The predicted octanol–water partition coefficient (Wildman–Crippen LogP) is 3.23. The van der Waals surface area contributed by atoms with Gasteiger partial charge in [-0.1, -0.05) is 32.6 Å². The topological polar surface area (TPSA) is 0 Å². The lowest BCUT2D eigenvalue weighted by molar-refractivity contribution is 0.455. The molecule has 0 aromatic heterocycles. The highest BCUT2D eigenvalue weighted by Gasteiger charge is 2.14. The Bertz CT molecular complexity index is 135. The third-order valence-electron chi connectivity index (χ3n) is 2.77. The van der Waals surface area contributed by atoms with Crippen LogP contribution in [0.4, 0.5) is 0 Å². The van der Waals surface area contributed by atoms with E-state index in [0.29, 0.717) is 5.92 Å². The van der Waals surface area contributed by atoms with Crippen molar-refractivity contribution in [2.45, 2.75) is 45.4 Å². The summed E-state index contributed by atoms with van der Waals surface area (Å²) in [4.78, 5) is 0. The fourth-order valence-electron chi connectivity index (χ4n) is 1.87. The lowest BCUT2D eigenvalue weighted by Gasteiger charge is -2.09. The molecule has 0 aromatic carbocycles. The van der Waals surface area contributed by atoms with Gasteiger partial charge in [-0.3, -0.25) is 0 Å². The average molecular weight is 150 g/mol. The van der Waals surface area contributed by atoms with Gasteiger partial charge in [0.1, 0.15) is 0 Å². The molecule has 0 radical (unpaired) electrons. The Labute approximate surface area is 70.4 Å². The van der Waals surface area contributed by atoms with Crippen LogP contribution in [0.3, 0.4) is 0 Å². The molecule has 0 spiro atoms. The van der Waals surface area contributed by atoms with Gasteiger partial charge in [-0.05, 0) is 18.8 Å². The van der Waals surface area contributed by atoms with Crippen molar-refractivity contribution < 1.29 is 0 Å². The molecule has 1 aliphatic rings. The van der Waals surface area contributed by atoms with E-state index in [1.807, 2.05) is 0 Å². The maximum Gasteiger partial charge on any atom is 0.0172 e. The van der Waals surface area contributed by atoms with E-state index in [0.717, 1.165) is 5.92 Å². The van der Waals surface area contributed by atoms with Gasteiger partial charge in [0, 0.05) is 5.92 Å². The van der Waals surface area contributed by atoms with E-state index in [2.05, 4.69) is 12.8 Å². The van der Waals surface area contributed by atoms with Crippen LogP contribution in [0.15, 0.2) is 0 Å². The largest absolute Gasteiger partial charge is 0.120 e. The van der Waals surface area contributed by atoms with Gasteiger partial charge < -0.3 is 0 Å². The van der Waals surface area contributed by atoms with E-state index in [-0.39, 0.29) is 0 Å². The minimum atomic E-state index is 0.496. The first-order chi connectivity index (χ1) is 5.33. The molecule has 1 fully saturated rings. The summed E-state index contributed by atoms with van der Waals surface area (Å²) in [5.74, 6) is 4.29. The monoisotopic (exact) mass is 150 g/mol. The summed E-state index contributed by atoms with van der Waals surface area (Å²) in [5.41, 5.74) is 0. The quantitative estimate of drug-likeness (QED) is 0.542. The van der Waals surface area contributed by atoms with E-state index in [9.17, 15) is 0 Å². The second kappa shape index (κ2) is 4.44. The van der Waals surface area contributed by atoms with E-state index in [1.165, 1.54) is 38.5 Å². The van der Waals surface area contributed by atoms with Gasteiger partial charge in [0.05, 0.1) is 0 Å². The molecule has 0 saturated heterocycles. The van der Waals surface area contributed by atoms with Crippen LogP contribution in [0.5, 0.6) is 0 Å². The molecule has 1 rings (SSSR count). The van der Waals surface area contributed by atoms with Crippen LogP contribution in [-0.4, -0.2) is 0 Å². The number of terminal acetylenes is 1. The van der Waals surface area contributed by atoms with Gasteiger partial charge in [-0.2, -0.15) is 0 Å². The van der Waals surface area contributed by atoms with Gasteiger partial charge in [-0.25, -0.2) is 0 Å². The Kier molecular flexibility index (Phi) is 3.49. The summed E-state index contributed by atoms with van der Waals surface area (Å²) in [7, 11) is 0. The smallest absolute Gasteiger partial charge is 0.0172 e. The maximum absolute atomic E-state index is 5.31. The van der Waals surface area contributed by atoms with Crippen LogP contribution >= 0.6 is 0 Å². The summed E-state index contributed by atoms with van der Waals surface area (Å²) in [6, 6.07) is 0. The molecule has 0 nitrogen and oxygen atoms in total. The summed E-state index contributed by atoms with van der Waals surface area (Å²) >= 11 is 0. The normalized spacial score (nSPS) is 21.5. The van der Waals surface area contributed by atoms with Crippen molar-refractivity contribution in [3.8, 4) is 12.3 Å². The molecule has 0 heterocycles. The Morgan fingerprint density at radius 3 is 2.64 bits per heavy atom. The lowest BCUT2D eigenvalue weighted by atomic mass is 9.96. The highest BCUT2D eigenvalue weighted by Crippen LogP contribution is 2.29. The number of hydrogen-bond acceptors (Lipinski definition) is 0. The van der Waals surface area contributed by atoms with Crippen molar-refractivity contribution in [1.29, 1.82) is 0 Å². The van der Waals surface area contributed by atoms with Crippen LogP contribution in [-0.2, 0) is 0 Å². The average Bonchev–Trinajstić information content (AvgIpc) is 2.52. The molecule has 0 N–H and O–H groups in total. The molecule has 11 heavy (non-hydrogen) atoms. The second-order valence-corrected chi connectivity index (χ2v) is 3.80. The molecule has 0 aliphatic heterocycles. The standard InChI is InChI=1S/C11H18/c1-3-10(2)8-9-11-6-4-5-7-11/h1,10-11H,4-9H2,2H3. The van der Waals surface area contributed by atoms with Crippen LogP contribution < -0.4 is 0 Å². The second-order valence-electron chi connectivity index (χ2n) is 3.80. The van der Waals surface area contributed by atoms with E-state index >= 15 is 0 Å². The maximum atomic E-state index is 5.31. The molecular formula is C11H18. The van der Waals surface area contributed by atoms with Crippen LogP contribution in [0.25, 0.3) is 0 Å². The first kappa shape index (κ1) is 8.65. The van der Waals surface area contributed by atoms with Crippen molar-refractivity contribution in [2.24, 2.45) is 11.8 Å². The highest BCUT2D eigenvalue weighted by atomic mass is 14.2. The summed E-state index contributed by atoms with van der Waals surface area (Å²) in [6.45, 7) is 2.15. The summed E-state index contributed by atoms with van der Waals surface area (Å²) in [5, 5.41) is 0. The molecule has 62 valence electrons. The predicted molar refractivity (Wildman–Crippen MR) is 49.2 cm³/mol. The zero-order valence-corrected chi connectivity index (χ0v) is 7.47. The van der Waals surface area contributed by atoms with Crippen LogP contribution in [0.1, 0.15) is 45.4 Å². The van der Waals surface area contributed by atoms with Crippen molar-refractivity contribution in [3.05, 3.63) is 0 Å². The zero-order chi connectivity index (χ0) is 8.10. The molecule has 0 amide bonds. The SMILES string of the molecule is C#CC(C)CCC1CCCC1. The first-order valence-corrected chi connectivity index (χ1v) is 4.79. The molecule has 0 aromatic rings. The molecule has 1 atom stereocenters. The van der Waals surface area contributed by atoms with Gasteiger partial charge in [0.15, 0.2) is 0 Å². The van der Waals surface area contributed by atoms with Crippen molar-refractivity contribution >= 4 is 0 Å². The Morgan fingerprint density at radius 1 is 1.45 bits per heavy atom. The minimum Gasteiger partial charge on any atom is -0.120 e. The summed E-state index contributed by atoms with van der Waals surface area (Å²) < 4.78 is 0. The molecule has 0 heteroatoms. The van der Waals surface area contributed by atoms with Crippen molar-refractivity contribution in [3.63, 3.8) is 0 Å². The van der Waals surface area contributed by atoms with E-state index in [4.69, 9.17) is 6.42 Å². The Balaban J connectivity index is 2.07. The van der Waals surface area contributed by atoms with Gasteiger partial charge in [-0.15, -0.1) is 12.3 Å². The Hall–Kier alpha value is -0.440.